The van der Waals surface area contributed by atoms with E-state index in [1.807, 2.05) is 30.3 Å². The Morgan fingerprint density at radius 1 is 0.345 bits per heavy atom. The lowest BCUT2D eigenvalue weighted by Gasteiger charge is -2.19. The summed E-state index contributed by atoms with van der Waals surface area (Å²) in [5, 5.41) is 27.6. The molecule has 0 saturated heterocycles. The maximum absolute atomic E-state index is 10.9. The van der Waals surface area contributed by atoms with Gasteiger partial charge in [-0.15, -0.1) is 0 Å². The Morgan fingerprint density at radius 3 is 1.49 bits per heavy atom. The maximum atomic E-state index is 10.9. The second-order valence-corrected chi connectivity index (χ2v) is 14.0. The molecule has 0 bridgehead atoms. The highest BCUT2D eigenvalue weighted by molar-refractivity contribution is 6.13. The lowest BCUT2D eigenvalue weighted by atomic mass is 9.98. The molecule has 0 aliphatic carbocycles. The zero-order valence-corrected chi connectivity index (χ0v) is 29.5. The summed E-state index contributed by atoms with van der Waals surface area (Å²) in [7, 11) is 0. The molecule has 55 heavy (non-hydrogen) atoms. The highest BCUT2D eigenvalue weighted by atomic mass is 15.0. The van der Waals surface area contributed by atoms with E-state index in [1.165, 1.54) is 21.5 Å². The summed E-state index contributed by atoms with van der Waals surface area (Å²) in [5.74, 6) is 0. The number of fused-ring (bicyclic) bond motifs is 9. The predicted molar refractivity (Wildman–Crippen MR) is 224 cm³/mol. The Labute approximate surface area is 316 Å². The topological polar surface area (TPSA) is 62.4 Å². The first kappa shape index (κ1) is 30.7. The molecule has 0 unspecified atom stereocenters. The maximum Gasteiger partial charge on any atom is 0.101 e. The van der Waals surface area contributed by atoms with Crippen LogP contribution in [0.1, 0.15) is 11.1 Å². The van der Waals surface area contributed by atoms with Gasteiger partial charge >= 0.3 is 0 Å². The van der Waals surface area contributed by atoms with Crippen LogP contribution in [0.3, 0.4) is 0 Å². The molecule has 3 heterocycles. The van der Waals surface area contributed by atoms with Crippen LogP contribution in [-0.4, -0.2) is 13.7 Å². The molecule has 0 N–H and O–H groups in total. The minimum atomic E-state index is 0.556. The number of nitriles is 2. The number of nitrogens with zero attached hydrogens (tertiary/aromatic N) is 5. The Hall–Kier alpha value is -7.86. The van der Waals surface area contributed by atoms with E-state index in [9.17, 15) is 10.5 Å². The summed E-state index contributed by atoms with van der Waals surface area (Å²) in [5.41, 5.74) is 12.2. The number of rotatable bonds is 4. The first-order valence-electron chi connectivity index (χ1n) is 18.3. The SMILES string of the molecule is N#Cc1ccc2c(c1)c1ccc(-n3c4ccccc4c4ccccc43)cc1n2-c1c(C#N)cccc1-c1ccccc1-n1c2ccccc2c2ccccc21. The number of benzene rings is 8. The van der Waals surface area contributed by atoms with Gasteiger partial charge in [0.1, 0.15) is 6.07 Å². The molecule has 0 aliphatic rings. The molecule has 5 nitrogen and oxygen atoms in total. The van der Waals surface area contributed by atoms with Crippen molar-refractivity contribution in [1.82, 2.24) is 13.7 Å². The minimum absolute atomic E-state index is 0.556. The van der Waals surface area contributed by atoms with Crippen LogP contribution in [0.4, 0.5) is 0 Å². The van der Waals surface area contributed by atoms with Gasteiger partial charge in [-0.25, -0.2) is 0 Å². The highest BCUT2D eigenvalue weighted by Gasteiger charge is 2.23. The van der Waals surface area contributed by atoms with Gasteiger partial charge in [0.25, 0.3) is 0 Å². The lowest BCUT2D eigenvalue weighted by Crippen LogP contribution is -2.04. The van der Waals surface area contributed by atoms with Crippen LogP contribution in [0.25, 0.3) is 93.6 Å². The molecule has 11 aromatic rings. The first-order valence-corrected chi connectivity index (χ1v) is 18.3. The molecule has 0 amide bonds. The van der Waals surface area contributed by atoms with Crippen molar-refractivity contribution in [2.45, 2.75) is 0 Å². The van der Waals surface area contributed by atoms with Crippen molar-refractivity contribution in [2.24, 2.45) is 0 Å². The van der Waals surface area contributed by atoms with Crippen molar-refractivity contribution in [1.29, 1.82) is 10.5 Å². The molecule has 254 valence electrons. The van der Waals surface area contributed by atoms with Gasteiger partial charge in [-0.1, -0.05) is 109 Å². The zero-order chi connectivity index (χ0) is 36.6. The van der Waals surface area contributed by atoms with E-state index < -0.39 is 0 Å². The minimum Gasteiger partial charge on any atom is -0.309 e. The third kappa shape index (κ3) is 4.39. The second-order valence-electron chi connectivity index (χ2n) is 14.0. The zero-order valence-electron chi connectivity index (χ0n) is 29.5. The van der Waals surface area contributed by atoms with Crippen LogP contribution in [0.2, 0.25) is 0 Å². The molecule has 0 spiro atoms. The molecule has 8 aromatic carbocycles. The van der Waals surface area contributed by atoms with Gasteiger partial charge < -0.3 is 13.7 Å². The van der Waals surface area contributed by atoms with Crippen molar-refractivity contribution in [3.8, 4) is 40.3 Å². The molecule has 0 radical (unpaired) electrons. The number of hydrogen-bond acceptors (Lipinski definition) is 2. The van der Waals surface area contributed by atoms with Crippen LogP contribution in [0.5, 0.6) is 0 Å². The van der Waals surface area contributed by atoms with Gasteiger partial charge in [0.2, 0.25) is 0 Å². The molecule has 0 aliphatic heterocycles. The Balaban J connectivity index is 1.25. The number of para-hydroxylation sites is 6. The van der Waals surface area contributed by atoms with Crippen LogP contribution >= 0.6 is 0 Å². The fraction of sp³-hybridized carbons (Fsp3) is 0. The Morgan fingerprint density at radius 2 is 0.873 bits per heavy atom. The van der Waals surface area contributed by atoms with E-state index in [2.05, 4.69) is 171 Å². The fourth-order valence-corrected chi connectivity index (χ4v) is 8.83. The largest absolute Gasteiger partial charge is 0.309 e. The summed E-state index contributed by atoms with van der Waals surface area (Å²) in [6, 6.07) is 65.9. The average Bonchev–Trinajstić information content (AvgIpc) is 3.88. The molecule has 0 saturated carbocycles. The van der Waals surface area contributed by atoms with Crippen molar-refractivity contribution >= 4 is 65.4 Å². The predicted octanol–water partition coefficient (Wildman–Crippen LogP) is 12.4. The van der Waals surface area contributed by atoms with Crippen LogP contribution < -0.4 is 0 Å². The van der Waals surface area contributed by atoms with Crippen LogP contribution in [0, 0.1) is 22.7 Å². The van der Waals surface area contributed by atoms with Gasteiger partial charge in [0.15, 0.2) is 0 Å². The summed E-state index contributed by atoms with van der Waals surface area (Å²) >= 11 is 0. The van der Waals surface area contributed by atoms with Gasteiger partial charge in [0, 0.05) is 49.1 Å². The van der Waals surface area contributed by atoms with Crippen molar-refractivity contribution in [3.63, 3.8) is 0 Å². The van der Waals surface area contributed by atoms with E-state index in [0.717, 1.165) is 72.1 Å². The number of hydrogen-bond donors (Lipinski definition) is 0. The van der Waals surface area contributed by atoms with Crippen molar-refractivity contribution < 1.29 is 0 Å². The molecule has 0 atom stereocenters. The van der Waals surface area contributed by atoms with Gasteiger partial charge in [-0.05, 0) is 66.7 Å². The van der Waals surface area contributed by atoms with E-state index in [0.29, 0.717) is 11.1 Å². The van der Waals surface area contributed by atoms with E-state index in [1.54, 1.807) is 0 Å². The average molecular weight is 700 g/mol. The van der Waals surface area contributed by atoms with Crippen molar-refractivity contribution in [3.05, 3.63) is 187 Å². The third-order valence-electron chi connectivity index (χ3n) is 11.1. The van der Waals surface area contributed by atoms with E-state index in [-0.39, 0.29) is 0 Å². The molecule has 0 fully saturated rings. The molecular weight excluding hydrogens is 671 g/mol. The summed E-state index contributed by atoms with van der Waals surface area (Å²) in [4.78, 5) is 0. The summed E-state index contributed by atoms with van der Waals surface area (Å²) < 4.78 is 6.90. The Kier molecular flexibility index (Phi) is 6.61. The number of aromatic nitrogens is 3. The third-order valence-corrected chi connectivity index (χ3v) is 11.1. The molecule has 3 aromatic heterocycles. The Bertz CT molecular complexity index is 3360. The highest BCUT2D eigenvalue weighted by Crippen LogP contribution is 2.43. The summed E-state index contributed by atoms with van der Waals surface area (Å²) in [6.07, 6.45) is 0. The van der Waals surface area contributed by atoms with Gasteiger partial charge in [0.05, 0.1) is 61.7 Å². The molecular formula is C50H29N5. The molecule has 5 heteroatoms. The van der Waals surface area contributed by atoms with Crippen LogP contribution in [-0.2, 0) is 0 Å². The van der Waals surface area contributed by atoms with E-state index >= 15 is 0 Å². The second kappa shape index (κ2) is 11.8. The van der Waals surface area contributed by atoms with Gasteiger partial charge in [-0.2, -0.15) is 10.5 Å². The standard InChI is InChI=1S/C50H29N5/c51-30-32-24-27-48-42(28-32)40-26-25-34(53-43-19-6-1-13-35(43)36-14-2-7-20-44(36)53)29-49(40)55(48)50-33(31-52)12-11-18-41(50)39-17-5-10-23-47(39)54-45-21-8-3-15-37(45)38-16-4-9-22-46(38)54/h1-29H. The smallest absolute Gasteiger partial charge is 0.101 e. The van der Waals surface area contributed by atoms with Gasteiger partial charge in [-0.3, -0.25) is 0 Å². The quantitative estimate of drug-likeness (QED) is 0.184. The monoisotopic (exact) mass is 699 g/mol. The lowest BCUT2D eigenvalue weighted by molar-refractivity contribution is 1.14. The first-order chi connectivity index (χ1) is 27.2. The molecule has 11 rings (SSSR count). The fourth-order valence-electron chi connectivity index (χ4n) is 8.83. The summed E-state index contributed by atoms with van der Waals surface area (Å²) in [6.45, 7) is 0. The van der Waals surface area contributed by atoms with E-state index in [4.69, 9.17) is 0 Å². The van der Waals surface area contributed by atoms with Crippen LogP contribution in [0.15, 0.2) is 176 Å². The van der Waals surface area contributed by atoms with Crippen molar-refractivity contribution in [2.75, 3.05) is 0 Å². The normalized spacial score (nSPS) is 11.6.